The van der Waals surface area contributed by atoms with Crippen molar-refractivity contribution in [3.63, 3.8) is 0 Å². The SMILES string of the molecule is CCNC(CO)(COc1ccccc1CC)C1CC1. The lowest BCUT2D eigenvalue weighted by Gasteiger charge is -2.33. The Labute approximate surface area is 116 Å². The number of aliphatic hydroxyl groups is 1. The van der Waals surface area contributed by atoms with Crippen LogP contribution in [0.3, 0.4) is 0 Å². The largest absolute Gasteiger partial charge is 0.491 e. The predicted octanol–water partition coefficient (Wildman–Crippen LogP) is 2.38. The van der Waals surface area contributed by atoms with Gasteiger partial charge in [-0.1, -0.05) is 32.0 Å². The summed E-state index contributed by atoms with van der Waals surface area (Å²) in [6.45, 7) is 5.74. The van der Waals surface area contributed by atoms with Crippen LogP contribution in [-0.2, 0) is 6.42 Å². The van der Waals surface area contributed by atoms with Crippen molar-refractivity contribution in [3.8, 4) is 5.75 Å². The number of hydrogen-bond donors (Lipinski definition) is 2. The van der Waals surface area contributed by atoms with Crippen LogP contribution < -0.4 is 10.1 Å². The van der Waals surface area contributed by atoms with Crippen LogP contribution in [0.15, 0.2) is 24.3 Å². The summed E-state index contributed by atoms with van der Waals surface area (Å²) in [7, 11) is 0. The average molecular weight is 263 g/mol. The third-order valence-electron chi connectivity index (χ3n) is 4.01. The molecule has 0 radical (unpaired) electrons. The van der Waals surface area contributed by atoms with E-state index in [0.29, 0.717) is 12.5 Å². The first-order valence-electron chi connectivity index (χ1n) is 7.32. The lowest BCUT2D eigenvalue weighted by Crippen LogP contribution is -2.55. The maximum atomic E-state index is 9.78. The fourth-order valence-electron chi connectivity index (χ4n) is 2.68. The second-order valence-electron chi connectivity index (χ2n) is 5.37. The Hall–Kier alpha value is -1.06. The van der Waals surface area contributed by atoms with Gasteiger partial charge in [-0.25, -0.2) is 0 Å². The lowest BCUT2D eigenvalue weighted by molar-refractivity contribution is 0.0860. The number of hydrogen-bond acceptors (Lipinski definition) is 3. The highest BCUT2D eigenvalue weighted by Crippen LogP contribution is 2.40. The number of benzene rings is 1. The van der Waals surface area contributed by atoms with Crippen molar-refractivity contribution in [2.24, 2.45) is 5.92 Å². The lowest BCUT2D eigenvalue weighted by atomic mass is 9.95. The van der Waals surface area contributed by atoms with Gasteiger partial charge in [-0.15, -0.1) is 0 Å². The number of aryl methyl sites for hydroxylation is 1. The molecule has 19 heavy (non-hydrogen) atoms. The molecule has 1 atom stereocenters. The Morgan fingerprint density at radius 1 is 1.32 bits per heavy atom. The van der Waals surface area contributed by atoms with E-state index in [1.165, 1.54) is 18.4 Å². The van der Waals surface area contributed by atoms with Crippen LogP contribution in [0, 0.1) is 5.92 Å². The van der Waals surface area contributed by atoms with E-state index >= 15 is 0 Å². The summed E-state index contributed by atoms with van der Waals surface area (Å²) in [4.78, 5) is 0. The fourth-order valence-corrected chi connectivity index (χ4v) is 2.68. The smallest absolute Gasteiger partial charge is 0.122 e. The number of rotatable bonds is 8. The normalized spacial score (nSPS) is 18.1. The van der Waals surface area contributed by atoms with E-state index in [-0.39, 0.29) is 12.1 Å². The molecule has 1 aromatic carbocycles. The van der Waals surface area contributed by atoms with E-state index in [0.717, 1.165) is 18.7 Å². The zero-order valence-electron chi connectivity index (χ0n) is 12.0. The zero-order valence-corrected chi connectivity index (χ0v) is 12.0. The van der Waals surface area contributed by atoms with Crippen LogP contribution in [-0.4, -0.2) is 30.4 Å². The van der Waals surface area contributed by atoms with Gasteiger partial charge in [0.25, 0.3) is 0 Å². The Balaban J connectivity index is 2.05. The zero-order chi connectivity index (χ0) is 13.7. The topological polar surface area (TPSA) is 41.5 Å². The van der Waals surface area contributed by atoms with Crippen LogP contribution in [0.2, 0.25) is 0 Å². The molecule has 2 N–H and O–H groups in total. The first kappa shape index (κ1) is 14.4. The minimum atomic E-state index is -0.268. The summed E-state index contributed by atoms with van der Waals surface area (Å²) in [5.41, 5.74) is 0.955. The number of para-hydroxylation sites is 1. The Bertz CT molecular complexity index is 403. The van der Waals surface area contributed by atoms with Gasteiger partial charge < -0.3 is 15.2 Å². The summed E-state index contributed by atoms with van der Waals surface area (Å²) in [5, 5.41) is 13.2. The van der Waals surface area contributed by atoms with Gasteiger partial charge in [0.1, 0.15) is 12.4 Å². The van der Waals surface area contributed by atoms with Crippen LogP contribution in [0.5, 0.6) is 5.75 Å². The van der Waals surface area contributed by atoms with Gasteiger partial charge in [0.15, 0.2) is 0 Å². The molecule has 1 aliphatic rings. The number of ether oxygens (including phenoxy) is 1. The van der Waals surface area contributed by atoms with Crippen molar-refractivity contribution in [2.45, 2.75) is 38.6 Å². The van der Waals surface area contributed by atoms with E-state index in [9.17, 15) is 5.11 Å². The summed E-state index contributed by atoms with van der Waals surface area (Å²) in [6.07, 6.45) is 3.34. The highest BCUT2D eigenvalue weighted by molar-refractivity contribution is 5.33. The van der Waals surface area contributed by atoms with E-state index in [1.807, 2.05) is 18.2 Å². The summed E-state index contributed by atoms with van der Waals surface area (Å²) in [6, 6.07) is 8.15. The van der Waals surface area contributed by atoms with Crippen molar-refractivity contribution < 1.29 is 9.84 Å². The molecular weight excluding hydrogens is 238 g/mol. The average Bonchev–Trinajstić information content (AvgIpc) is 3.29. The van der Waals surface area contributed by atoms with Crippen molar-refractivity contribution in [1.29, 1.82) is 0 Å². The molecule has 3 nitrogen and oxygen atoms in total. The number of nitrogens with one attached hydrogen (secondary N) is 1. The maximum absolute atomic E-state index is 9.78. The highest BCUT2D eigenvalue weighted by atomic mass is 16.5. The van der Waals surface area contributed by atoms with Crippen molar-refractivity contribution in [3.05, 3.63) is 29.8 Å². The molecule has 0 heterocycles. The van der Waals surface area contributed by atoms with Gasteiger partial charge in [-0.3, -0.25) is 0 Å². The van der Waals surface area contributed by atoms with Crippen LogP contribution in [0.1, 0.15) is 32.3 Å². The third kappa shape index (κ3) is 3.28. The van der Waals surface area contributed by atoms with E-state index < -0.39 is 0 Å². The molecule has 1 unspecified atom stereocenters. The van der Waals surface area contributed by atoms with Gasteiger partial charge in [-0.2, -0.15) is 0 Å². The van der Waals surface area contributed by atoms with Gasteiger partial charge in [0.05, 0.1) is 12.1 Å². The number of likely N-dealkylation sites (N-methyl/N-ethyl adjacent to an activating group) is 1. The third-order valence-corrected chi connectivity index (χ3v) is 4.01. The van der Waals surface area contributed by atoms with Gasteiger partial charge >= 0.3 is 0 Å². The minimum Gasteiger partial charge on any atom is -0.491 e. The van der Waals surface area contributed by atoms with Crippen LogP contribution in [0.4, 0.5) is 0 Å². The molecule has 0 aromatic heterocycles. The highest BCUT2D eigenvalue weighted by Gasteiger charge is 2.45. The molecule has 1 aliphatic carbocycles. The Morgan fingerprint density at radius 3 is 2.63 bits per heavy atom. The molecule has 3 heteroatoms. The number of aliphatic hydroxyl groups excluding tert-OH is 1. The first-order chi connectivity index (χ1) is 9.25. The second kappa shape index (κ2) is 6.40. The van der Waals surface area contributed by atoms with Crippen molar-refractivity contribution >= 4 is 0 Å². The molecular formula is C16H25NO2. The summed E-state index contributed by atoms with van der Waals surface area (Å²) in [5.74, 6) is 1.49. The minimum absolute atomic E-state index is 0.139. The molecule has 1 saturated carbocycles. The summed E-state index contributed by atoms with van der Waals surface area (Å²) >= 11 is 0. The van der Waals surface area contributed by atoms with Gasteiger partial charge in [-0.05, 0) is 43.4 Å². The van der Waals surface area contributed by atoms with Crippen molar-refractivity contribution in [1.82, 2.24) is 5.32 Å². The molecule has 106 valence electrons. The standard InChI is InChI=1S/C16H25NO2/c1-3-13-7-5-6-8-15(13)19-12-16(11-18,17-4-2)14-9-10-14/h5-8,14,17-18H,3-4,9-12H2,1-2H3. The van der Waals surface area contributed by atoms with Crippen molar-refractivity contribution in [2.75, 3.05) is 19.8 Å². The predicted molar refractivity (Wildman–Crippen MR) is 77.5 cm³/mol. The Kier molecular flexibility index (Phi) is 4.83. The van der Waals surface area contributed by atoms with Crippen LogP contribution >= 0.6 is 0 Å². The molecule has 0 aliphatic heterocycles. The van der Waals surface area contributed by atoms with Gasteiger partial charge in [0.2, 0.25) is 0 Å². The molecule has 0 bridgehead atoms. The molecule has 0 amide bonds. The van der Waals surface area contributed by atoms with Crippen LogP contribution in [0.25, 0.3) is 0 Å². The maximum Gasteiger partial charge on any atom is 0.122 e. The summed E-state index contributed by atoms with van der Waals surface area (Å²) < 4.78 is 6.02. The molecule has 0 spiro atoms. The molecule has 0 saturated heterocycles. The van der Waals surface area contributed by atoms with E-state index in [2.05, 4.69) is 25.2 Å². The Morgan fingerprint density at radius 2 is 2.05 bits per heavy atom. The quantitative estimate of drug-likeness (QED) is 0.756. The molecule has 1 aromatic rings. The fraction of sp³-hybridized carbons (Fsp3) is 0.625. The monoisotopic (exact) mass is 263 g/mol. The van der Waals surface area contributed by atoms with E-state index in [4.69, 9.17) is 4.74 Å². The van der Waals surface area contributed by atoms with E-state index in [1.54, 1.807) is 0 Å². The molecule has 2 rings (SSSR count). The van der Waals surface area contributed by atoms with Gasteiger partial charge in [0, 0.05) is 0 Å². The molecule has 1 fully saturated rings. The first-order valence-corrected chi connectivity index (χ1v) is 7.32. The second-order valence-corrected chi connectivity index (χ2v) is 5.37.